The molecule has 0 aliphatic carbocycles. The molecule has 0 aliphatic heterocycles. The van der Waals surface area contributed by atoms with Crippen LogP contribution in [0.2, 0.25) is 0 Å². The number of fused-ring (bicyclic) bond motifs is 1. The van der Waals surface area contributed by atoms with Crippen LogP contribution in [0.15, 0.2) is 53.6 Å². The molecule has 3 aromatic rings. The van der Waals surface area contributed by atoms with Crippen molar-refractivity contribution in [3.05, 3.63) is 65.4 Å². The van der Waals surface area contributed by atoms with Crippen molar-refractivity contribution in [3.8, 4) is 0 Å². The number of aliphatic hydroxyl groups excluding tert-OH is 1. The molecule has 0 saturated heterocycles. The number of nitrogens with zero attached hydrogens (tertiary/aromatic N) is 1. The van der Waals surface area contributed by atoms with Gasteiger partial charge in [0.2, 0.25) is 10.0 Å². The molecule has 5 nitrogen and oxygen atoms in total. The Morgan fingerprint density at radius 3 is 2.56 bits per heavy atom. The molecule has 1 heterocycles. The van der Waals surface area contributed by atoms with E-state index in [1.807, 2.05) is 55.9 Å². The zero-order valence-electron chi connectivity index (χ0n) is 14.5. The van der Waals surface area contributed by atoms with E-state index in [1.165, 1.54) is 0 Å². The third kappa shape index (κ3) is 3.61. The molecule has 3 rings (SSSR count). The first-order valence-electron chi connectivity index (χ1n) is 8.08. The van der Waals surface area contributed by atoms with Crippen molar-refractivity contribution in [1.82, 2.24) is 9.29 Å². The minimum atomic E-state index is -3.66. The Bertz CT molecular complexity index is 1020. The topological polar surface area (TPSA) is 71.3 Å². The van der Waals surface area contributed by atoms with E-state index in [1.54, 1.807) is 18.2 Å². The first-order valence-corrected chi connectivity index (χ1v) is 9.56. The van der Waals surface area contributed by atoms with Crippen LogP contribution in [0.3, 0.4) is 0 Å². The number of sulfonamides is 1. The molecule has 1 unspecified atom stereocenters. The average molecular weight is 358 g/mol. The summed E-state index contributed by atoms with van der Waals surface area (Å²) in [6, 6.07) is 12.6. The predicted molar refractivity (Wildman–Crippen MR) is 99.0 cm³/mol. The monoisotopic (exact) mass is 358 g/mol. The third-order valence-electron chi connectivity index (χ3n) is 4.55. The Hall–Kier alpha value is -2.15. The Kier molecular flexibility index (Phi) is 4.69. The number of hydrogen-bond donors (Lipinski definition) is 2. The van der Waals surface area contributed by atoms with Gasteiger partial charge in [-0.15, -0.1) is 0 Å². The molecular weight excluding hydrogens is 336 g/mol. The van der Waals surface area contributed by atoms with Crippen LogP contribution in [0.1, 0.15) is 22.8 Å². The van der Waals surface area contributed by atoms with Gasteiger partial charge in [-0.2, -0.15) is 0 Å². The highest BCUT2D eigenvalue weighted by Gasteiger charge is 2.17. The van der Waals surface area contributed by atoms with E-state index in [2.05, 4.69) is 4.72 Å². The summed E-state index contributed by atoms with van der Waals surface area (Å²) >= 11 is 0. The van der Waals surface area contributed by atoms with Crippen molar-refractivity contribution in [1.29, 1.82) is 0 Å². The summed E-state index contributed by atoms with van der Waals surface area (Å²) in [6.07, 6.45) is 1.04. The SMILES string of the molecule is Cc1ccc(S(=O)(=O)NCC(O)c2ccc3c(ccn3C)c2)cc1C. The highest BCUT2D eigenvalue weighted by atomic mass is 32.2. The van der Waals surface area contributed by atoms with Gasteiger partial charge in [0.15, 0.2) is 0 Å². The van der Waals surface area contributed by atoms with Gasteiger partial charge < -0.3 is 9.67 Å². The normalized spacial score (nSPS) is 13.3. The smallest absolute Gasteiger partial charge is 0.240 e. The Labute approximate surface area is 148 Å². The molecule has 25 heavy (non-hydrogen) atoms. The summed E-state index contributed by atoms with van der Waals surface area (Å²) in [7, 11) is -1.70. The van der Waals surface area contributed by atoms with Crippen LogP contribution in [-0.2, 0) is 17.1 Å². The van der Waals surface area contributed by atoms with Crippen LogP contribution in [0.25, 0.3) is 10.9 Å². The van der Waals surface area contributed by atoms with Gasteiger partial charge in [-0.3, -0.25) is 0 Å². The molecule has 0 spiro atoms. The van der Waals surface area contributed by atoms with Gasteiger partial charge >= 0.3 is 0 Å². The maximum absolute atomic E-state index is 12.4. The largest absolute Gasteiger partial charge is 0.387 e. The van der Waals surface area contributed by atoms with Gasteiger partial charge in [0, 0.05) is 25.3 Å². The lowest BCUT2D eigenvalue weighted by Crippen LogP contribution is -2.28. The van der Waals surface area contributed by atoms with E-state index in [9.17, 15) is 13.5 Å². The maximum Gasteiger partial charge on any atom is 0.240 e. The van der Waals surface area contributed by atoms with E-state index in [0.717, 1.165) is 22.0 Å². The molecule has 1 atom stereocenters. The van der Waals surface area contributed by atoms with Crippen LogP contribution in [-0.4, -0.2) is 24.6 Å². The second-order valence-electron chi connectivity index (χ2n) is 6.36. The van der Waals surface area contributed by atoms with E-state index < -0.39 is 16.1 Å². The fraction of sp³-hybridized carbons (Fsp3) is 0.263. The second-order valence-corrected chi connectivity index (χ2v) is 8.13. The fourth-order valence-electron chi connectivity index (χ4n) is 2.78. The lowest BCUT2D eigenvalue weighted by molar-refractivity contribution is 0.182. The zero-order valence-corrected chi connectivity index (χ0v) is 15.3. The molecule has 0 aliphatic rings. The molecular formula is C19H22N2O3S. The first kappa shape index (κ1) is 17.7. The van der Waals surface area contributed by atoms with E-state index >= 15 is 0 Å². The summed E-state index contributed by atoms with van der Waals surface area (Å²) in [5, 5.41) is 11.4. The molecule has 1 aromatic heterocycles. The lowest BCUT2D eigenvalue weighted by atomic mass is 10.1. The molecule has 0 saturated carbocycles. The second kappa shape index (κ2) is 6.63. The number of aromatic nitrogens is 1. The standard InChI is InChI=1S/C19H22N2O3S/c1-13-4-6-17(10-14(13)2)25(23,24)20-12-19(22)16-5-7-18-15(11-16)8-9-21(18)3/h4-11,19-20,22H,12H2,1-3H3. The molecule has 0 amide bonds. The van der Waals surface area contributed by atoms with Crippen molar-refractivity contribution < 1.29 is 13.5 Å². The average Bonchev–Trinajstić information content (AvgIpc) is 2.95. The summed E-state index contributed by atoms with van der Waals surface area (Å²) in [6.45, 7) is 3.73. The molecule has 132 valence electrons. The maximum atomic E-state index is 12.4. The Morgan fingerprint density at radius 1 is 1.08 bits per heavy atom. The lowest BCUT2D eigenvalue weighted by Gasteiger charge is -2.14. The quantitative estimate of drug-likeness (QED) is 0.737. The number of hydrogen-bond acceptors (Lipinski definition) is 3. The number of aliphatic hydroxyl groups is 1. The number of rotatable bonds is 5. The summed E-state index contributed by atoms with van der Waals surface area (Å²) in [5.74, 6) is 0. The van der Waals surface area contributed by atoms with Crippen LogP contribution >= 0.6 is 0 Å². The molecule has 0 radical (unpaired) electrons. The van der Waals surface area contributed by atoms with Crippen LogP contribution in [0.4, 0.5) is 0 Å². The number of nitrogens with one attached hydrogen (secondary N) is 1. The molecule has 6 heteroatoms. The minimum absolute atomic E-state index is 0.0758. The van der Waals surface area contributed by atoms with E-state index in [4.69, 9.17) is 0 Å². The van der Waals surface area contributed by atoms with Gasteiger partial charge in [-0.25, -0.2) is 13.1 Å². The van der Waals surface area contributed by atoms with Gasteiger partial charge in [0.25, 0.3) is 0 Å². The molecule has 2 N–H and O–H groups in total. The molecule has 2 aromatic carbocycles. The minimum Gasteiger partial charge on any atom is -0.387 e. The van der Waals surface area contributed by atoms with Gasteiger partial charge in [-0.1, -0.05) is 12.1 Å². The van der Waals surface area contributed by atoms with Gasteiger partial charge in [0.05, 0.1) is 11.0 Å². The summed E-state index contributed by atoms with van der Waals surface area (Å²) in [4.78, 5) is 0.210. The van der Waals surface area contributed by atoms with E-state index in [0.29, 0.717) is 5.56 Å². The summed E-state index contributed by atoms with van der Waals surface area (Å²) < 4.78 is 29.3. The van der Waals surface area contributed by atoms with Crippen molar-refractivity contribution in [3.63, 3.8) is 0 Å². The van der Waals surface area contributed by atoms with Crippen LogP contribution in [0, 0.1) is 13.8 Å². The van der Waals surface area contributed by atoms with Crippen molar-refractivity contribution in [2.24, 2.45) is 7.05 Å². The first-order chi connectivity index (χ1) is 11.8. The number of benzene rings is 2. The molecule has 0 fully saturated rings. The highest BCUT2D eigenvalue weighted by molar-refractivity contribution is 7.89. The Morgan fingerprint density at radius 2 is 1.84 bits per heavy atom. The highest BCUT2D eigenvalue weighted by Crippen LogP contribution is 2.21. The van der Waals surface area contributed by atoms with Crippen molar-refractivity contribution in [2.45, 2.75) is 24.8 Å². The third-order valence-corrected chi connectivity index (χ3v) is 5.97. The molecule has 0 bridgehead atoms. The predicted octanol–water partition coefficient (Wildman–Crippen LogP) is 2.81. The van der Waals surface area contributed by atoms with E-state index in [-0.39, 0.29) is 11.4 Å². The van der Waals surface area contributed by atoms with Gasteiger partial charge in [0.1, 0.15) is 0 Å². The van der Waals surface area contributed by atoms with Crippen molar-refractivity contribution >= 4 is 20.9 Å². The number of aryl methyl sites for hydroxylation is 3. The Balaban J connectivity index is 1.75. The zero-order chi connectivity index (χ0) is 18.2. The summed E-state index contributed by atoms with van der Waals surface area (Å²) in [5.41, 5.74) is 3.70. The van der Waals surface area contributed by atoms with Crippen molar-refractivity contribution in [2.75, 3.05) is 6.54 Å². The van der Waals surface area contributed by atoms with Gasteiger partial charge in [-0.05, 0) is 66.3 Å². The fourth-order valence-corrected chi connectivity index (χ4v) is 3.90. The van der Waals surface area contributed by atoms with Crippen LogP contribution in [0.5, 0.6) is 0 Å². The van der Waals surface area contributed by atoms with Crippen LogP contribution < -0.4 is 4.72 Å².